The van der Waals surface area contributed by atoms with E-state index >= 15 is 0 Å². The van der Waals surface area contributed by atoms with Gasteiger partial charge in [0.15, 0.2) is 5.82 Å². The maximum Gasteiger partial charge on any atom is 0.250 e. The molecule has 1 aromatic rings. The zero-order chi connectivity index (χ0) is 9.35. The van der Waals surface area contributed by atoms with E-state index in [1.807, 2.05) is 19.9 Å². The van der Waals surface area contributed by atoms with Gasteiger partial charge >= 0.3 is 0 Å². The van der Waals surface area contributed by atoms with E-state index in [0.717, 1.165) is 11.4 Å². The second-order valence-electron chi connectivity index (χ2n) is 2.47. The summed E-state index contributed by atoms with van der Waals surface area (Å²) < 4.78 is -1.53. The van der Waals surface area contributed by atoms with Gasteiger partial charge in [0.05, 0.1) is 0 Å². The summed E-state index contributed by atoms with van der Waals surface area (Å²) in [6, 6.07) is 1.82. The number of aryl methyl sites for hydroxylation is 2. The van der Waals surface area contributed by atoms with E-state index in [4.69, 9.17) is 34.8 Å². The predicted octanol–water partition coefficient (Wildman–Crippen LogP) is 2.92. The molecule has 12 heavy (non-hydrogen) atoms. The molecule has 0 fully saturated rings. The molecule has 0 aliphatic rings. The number of hydrogen-bond donors (Lipinski definition) is 0. The molecule has 0 aliphatic carbocycles. The quantitative estimate of drug-likeness (QED) is 0.635. The van der Waals surface area contributed by atoms with Gasteiger partial charge in [-0.3, -0.25) is 0 Å². The van der Waals surface area contributed by atoms with E-state index < -0.39 is 3.79 Å². The van der Waals surface area contributed by atoms with E-state index in [9.17, 15) is 0 Å². The fraction of sp³-hybridized carbons (Fsp3) is 0.429. The number of rotatable bonds is 0. The van der Waals surface area contributed by atoms with Crippen molar-refractivity contribution in [2.75, 3.05) is 0 Å². The predicted molar refractivity (Wildman–Crippen MR) is 50.7 cm³/mol. The van der Waals surface area contributed by atoms with Gasteiger partial charge in [-0.1, -0.05) is 34.8 Å². The minimum atomic E-state index is -1.53. The van der Waals surface area contributed by atoms with Crippen molar-refractivity contribution in [3.05, 3.63) is 23.3 Å². The molecule has 0 aromatic carbocycles. The molecule has 0 aliphatic heterocycles. The Morgan fingerprint density at radius 1 is 1.08 bits per heavy atom. The van der Waals surface area contributed by atoms with Crippen molar-refractivity contribution < 1.29 is 0 Å². The van der Waals surface area contributed by atoms with E-state index in [1.54, 1.807) is 0 Å². The highest BCUT2D eigenvalue weighted by Crippen LogP contribution is 2.35. The van der Waals surface area contributed by atoms with Crippen LogP contribution in [0.4, 0.5) is 0 Å². The lowest BCUT2D eigenvalue weighted by molar-refractivity contribution is 0.917. The second kappa shape index (κ2) is 3.36. The Kier molecular flexibility index (Phi) is 2.81. The second-order valence-corrected chi connectivity index (χ2v) is 4.75. The molecule has 5 heteroatoms. The number of nitrogens with zero attached hydrogens (tertiary/aromatic N) is 2. The Labute approximate surface area is 85.9 Å². The van der Waals surface area contributed by atoms with Crippen LogP contribution >= 0.6 is 34.8 Å². The van der Waals surface area contributed by atoms with Crippen molar-refractivity contribution in [1.29, 1.82) is 0 Å². The van der Waals surface area contributed by atoms with Crippen molar-refractivity contribution in [3.8, 4) is 0 Å². The van der Waals surface area contributed by atoms with Crippen molar-refractivity contribution >= 4 is 34.8 Å². The topological polar surface area (TPSA) is 25.8 Å². The molecule has 0 amide bonds. The summed E-state index contributed by atoms with van der Waals surface area (Å²) in [5.74, 6) is 0.227. The van der Waals surface area contributed by atoms with Gasteiger partial charge in [-0.15, -0.1) is 0 Å². The Balaban J connectivity index is 3.18. The molecule has 1 heterocycles. The molecule has 1 rings (SSSR count). The van der Waals surface area contributed by atoms with Gasteiger partial charge < -0.3 is 0 Å². The lowest BCUT2D eigenvalue weighted by atomic mass is 10.3. The minimum absolute atomic E-state index is 0.227. The summed E-state index contributed by atoms with van der Waals surface area (Å²) in [6.07, 6.45) is 0. The van der Waals surface area contributed by atoms with E-state index in [1.165, 1.54) is 0 Å². The largest absolute Gasteiger partial charge is 0.250 e. The fourth-order valence-corrected chi connectivity index (χ4v) is 1.11. The smallest absolute Gasteiger partial charge is 0.234 e. The number of aromatic nitrogens is 2. The average Bonchev–Trinajstić information content (AvgIpc) is 1.82. The lowest BCUT2D eigenvalue weighted by Gasteiger charge is -2.09. The van der Waals surface area contributed by atoms with Gasteiger partial charge in [0.25, 0.3) is 0 Å². The van der Waals surface area contributed by atoms with Crippen LogP contribution in [0.15, 0.2) is 6.07 Å². The summed E-state index contributed by atoms with van der Waals surface area (Å²) in [5, 5.41) is 0. The van der Waals surface area contributed by atoms with Crippen molar-refractivity contribution in [2.24, 2.45) is 0 Å². The highest BCUT2D eigenvalue weighted by atomic mass is 35.6. The molecule has 0 bridgehead atoms. The summed E-state index contributed by atoms with van der Waals surface area (Å²) in [6.45, 7) is 3.66. The first kappa shape index (κ1) is 10.0. The van der Waals surface area contributed by atoms with Gasteiger partial charge in [-0.2, -0.15) is 0 Å². The zero-order valence-corrected chi connectivity index (χ0v) is 8.87. The van der Waals surface area contributed by atoms with Crippen LogP contribution in [0.25, 0.3) is 0 Å². The maximum atomic E-state index is 5.61. The highest BCUT2D eigenvalue weighted by Gasteiger charge is 2.26. The number of halogens is 3. The number of hydrogen-bond acceptors (Lipinski definition) is 2. The molecule has 0 saturated heterocycles. The Hall–Kier alpha value is -0.0500. The van der Waals surface area contributed by atoms with Crippen LogP contribution in [0, 0.1) is 13.8 Å². The molecule has 0 spiro atoms. The highest BCUT2D eigenvalue weighted by molar-refractivity contribution is 6.66. The van der Waals surface area contributed by atoms with Crippen LogP contribution in [-0.4, -0.2) is 9.97 Å². The molecular weight excluding hydrogens is 218 g/mol. The molecule has 0 saturated carbocycles. The number of alkyl halides is 3. The molecule has 0 unspecified atom stereocenters. The van der Waals surface area contributed by atoms with E-state index in [2.05, 4.69) is 9.97 Å². The first-order valence-electron chi connectivity index (χ1n) is 3.29. The van der Waals surface area contributed by atoms with Crippen molar-refractivity contribution in [2.45, 2.75) is 17.6 Å². The van der Waals surface area contributed by atoms with Crippen molar-refractivity contribution in [3.63, 3.8) is 0 Å². The summed E-state index contributed by atoms with van der Waals surface area (Å²) >= 11 is 16.8. The van der Waals surface area contributed by atoms with Crippen LogP contribution in [-0.2, 0) is 3.79 Å². The fourth-order valence-electron chi connectivity index (χ4n) is 0.853. The summed E-state index contributed by atoms with van der Waals surface area (Å²) in [4.78, 5) is 8.00. The third-order valence-corrected chi connectivity index (χ3v) is 1.74. The van der Waals surface area contributed by atoms with Crippen LogP contribution in [0.1, 0.15) is 17.2 Å². The molecule has 0 radical (unpaired) electrons. The van der Waals surface area contributed by atoms with Gasteiger partial charge in [0.2, 0.25) is 3.79 Å². The molecule has 1 aromatic heterocycles. The molecule has 0 atom stereocenters. The van der Waals surface area contributed by atoms with Gasteiger partial charge in [0, 0.05) is 11.4 Å². The van der Waals surface area contributed by atoms with E-state index in [0.29, 0.717) is 0 Å². The minimum Gasteiger partial charge on any atom is -0.234 e. The summed E-state index contributed by atoms with van der Waals surface area (Å²) in [7, 11) is 0. The lowest BCUT2D eigenvalue weighted by Crippen LogP contribution is -2.08. The van der Waals surface area contributed by atoms with E-state index in [-0.39, 0.29) is 5.82 Å². The molecule has 66 valence electrons. The Morgan fingerprint density at radius 3 is 1.83 bits per heavy atom. The zero-order valence-electron chi connectivity index (χ0n) is 6.61. The molecule has 2 nitrogen and oxygen atoms in total. The Morgan fingerprint density at radius 2 is 1.50 bits per heavy atom. The van der Waals surface area contributed by atoms with Gasteiger partial charge in [-0.25, -0.2) is 9.97 Å². The monoisotopic (exact) mass is 224 g/mol. The summed E-state index contributed by atoms with van der Waals surface area (Å²) in [5.41, 5.74) is 1.59. The van der Waals surface area contributed by atoms with Crippen molar-refractivity contribution in [1.82, 2.24) is 9.97 Å². The van der Waals surface area contributed by atoms with Crippen LogP contribution < -0.4 is 0 Å². The maximum absolute atomic E-state index is 5.61. The van der Waals surface area contributed by atoms with Gasteiger partial charge in [0.1, 0.15) is 0 Å². The normalized spacial score (nSPS) is 11.8. The first-order valence-corrected chi connectivity index (χ1v) is 4.42. The SMILES string of the molecule is Cc1cc(C)nc(C(Cl)(Cl)Cl)n1. The molecular formula is C7H7Cl3N2. The van der Waals surface area contributed by atoms with Crippen LogP contribution in [0.5, 0.6) is 0 Å². The van der Waals surface area contributed by atoms with Crippen LogP contribution in [0.3, 0.4) is 0 Å². The Bertz CT molecular complexity index is 273. The van der Waals surface area contributed by atoms with Gasteiger partial charge in [-0.05, 0) is 19.9 Å². The standard InChI is InChI=1S/C7H7Cl3N2/c1-4-3-5(2)12-6(11-4)7(8,9)10/h3H,1-2H3. The third kappa shape index (κ3) is 2.47. The molecule has 0 N–H and O–H groups in total. The average molecular weight is 226 g/mol. The first-order chi connectivity index (χ1) is 5.39. The third-order valence-electron chi connectivity index (χ3n) is 1.24. The van der Waals surface area contributed by atoms with Crippen LogP contribution in [0.2, 0.25) is 0 Å².